The van der Waals surface area contributed by atoms with Crippen molar-refractivity contribution in [1.29, 1.82) is 0 Å². The molecule has 17 heavy (non-hydrogen) atoms. The minimum atomic E-state index is -0.298. The fraction of sp³-hybridized carbons (Fsp3) is 0.667. The third-order valence-corrected chi connectivity index (χ3v) is 3.34. The van der Waals surface area contributed by atoms with Crippen LogP contribution < -0.4 is 10.5 Å². The summed E-state index contributed by atoms with van der Waals surface area (Å²) in [4.78, 5) is 20.7. The molecular weight excluding hydrogens is 218 g/mol. The van der Waals surface area contributed by atoms with Crippen LogP contribution in [0.25, 0.3) is 0 Å². The van der Waals surface area contributed by atoms with Crippen molar-refractivity contribution in [1.82, 2.24) is 9.97 Å². The maximum absolute atomic E-state index is 11.5. The van der Waals surface area contributed by atoms with Crippen LogP contribution >= 0.6 is 0 Å². The summed E-state index contributed by atoms with van der Waals surface area (Å²) in [5.41, 5.74) is -0.104. The van der Waals surface area contributed by atoms with E-state index in [0.29, 0.717) is 5.82 Å². The van der Waals surface area contributed by atoms with Crippen molar-refractivity contribution >= 4 is 5.82 Å². The normalized spacial score (nSPS) is 21.8. The van der Waals surface area contributed by atoms with E-state index >= 15 is 0 Å². The van der Waals surface area contributed by atoms with Gasteiger partial charge in [-0.15, -0.1) is 0 Å². The van der Waals surface area contributed by atoms with E-state index in [0.717, 1.165) is 31.7 Å². The van der Waals surface area contributed by atoms with Gasteiger partial charge in [0.1, 0.15) is 11.6 Å². The number of H-pyrrole nitrogens is 1. The van der Waals surface area contributed by atoms with Gasteiger partial charge in [-0.1, -0.05) is 6.92 Å². The number of aliphatic hydroxyl groups excluding tert-OH is 1. The molecule has 0 aliphatic carbocycles. The number of nitrogens with one attached hydrogen (secondary N) is 1. The van der Waals surface area contributed by atoms with Crippen molar-refractivity contribution in [3.63, 3.8) is 0 Å². The molecule has 0 spiro atoms. The largest absolute Gasteiger partial charge is 0.393 e. The van der Waals surface area contributed by atoms with Crippen LogP contribution in [0.3, 0.4) is 0 Å². The Balaban J connectivity index is 2.18. The number of anilines is 1. The molecule has 5 heteroatoms. The van der Waals surface area contributed by atoms with Crippen LogP contribution in [0, 0.1) is 5.92 Å². The summed E-state index contributed by atoms with van der Waals surface area (Å²) in [7, 11) is 0. The standard InChI is InChI=1S/C12H19N3O2/c1-3-10-13-11(6-12(17)14-10)15-5-4-9(7-15)8(2)16/h6,8-9,16H,3-5,7H2,1-2H3,(H,13,14,17). The number of aromatic nitrogens is 2. The summed E-state index contributed by atoms with van der Waals surface area (Å²) in [6.07, 6.45) is 1.37. The average molecular weight is 237 g/mol. The first-order valence-electron chi connectivity index (χ1n) is 6.13. The molecule has 1 aliphatic rings. The lowest BCUT2D eigenvalue weighted by Gasteiger charge is -2.18. The highest BCUT2D eigenvalue weighted by atomic mass is 16.3. The van der Waals surface area contributed by atoms with Gasteiger partial charge >= 0.3 is 0 Å². The Kier molecular flexibility index (Phi) is 3.47. The number of aryl methyl sites for hydroxylation is 1. The van der Waals surface area contributed by atoms with Crippen molar-refractivity contribution in [2.45, 2.75) is 32.8 Å². The van der Waals surface area contributed by atoms with Crippen LogP contribution in [0.4, 0.5) is 5.82 Å². The maximum Gasteiger partial charge on any atom is 0.252 e. The molecule has 0 aromatic carbocycles. The SMILES string of the molecule is CCc1nc(N2CCC(C(C)O)C2)cc(=O)[nH]1. The summed E-state index contributed by atoms with van der Waals surface area (Å²) in [5, 5.41) is 9.56. The first-order chi connectivity index (χ1) is 8.10. The minimum absolute atomic E-state index is 0.104. The molecule has 0 amide bonds. The Hall–Kier alpha value is -1.36. The number of rotatable bonds is 3. The van der Waals surface area contributed by atoms with Crippen molar-refractivity contribution in [2.24, 2.45) is 5.92 Å². The summed E-state index contributed by atoms with van der Waals surface area (Å²) < 4.78 is 0. The minimum Gasteiger partial charge on any atom is -0.393 e. The van der Waals surface area contributed by atoms with Gasteiger partial charge in [-0.2, -0.15) is 0 Å². The molecule has 5 nitrogen and oxygen atoms in total. The van der Waals surface area contributed by atoms with Gasteiger partial charge in [-0.05, 0) is 13.3 Å². The lowest BCUT2D eigenvalue weighted by Crippen LogP contribution is -2.26. The first-order valence-corrected chi connectivity index (χ1v) is 6.13. The molecule has 1 fully saturated rings. The fourth-order valence-corrected chi connectivity index (χ4v) is 2.21. The quantitative estimate of drug-likeness (QED) is 0.805. The van der Waals surface area contributed by atoms with Crippen molar-refractivity contribution < 1.29 is 5.11 Å². The van der Waals surface area contributed by atoms with E-state index in [2.05, 4.69) is 14.9 Å². The molecular formula is C12H19N3O2. The Morgan fingerprint density at radius 2 is 2.47 bits per heavy atom. The second-order valence-electron chi connectivity index (χ2n) is 4.64. The van der Waals surface area contributed by atoms with Gasteiger partial charge in [0.15, 0.2) is 0 Å². The van der Waals surface area contributed by atoms with Crippen molar-refractivity contribution in [3.05, 3.63) is 22.2 Å². The molecule has 2 unspecified atom stereocenters. The second-order valence-corrected chi connectivity index (χ2v) is 4.64. The number of aromatic amines is 1. The third-order valence-electron chi connectivity index (χ3n) is 3.34. The van der Waals surface area contributed by atoms with E-state index in [9.17, 15) is 9.90 Å². The number of nitrogens with zero attached hydrogens (tertiary/aromatic N) is 2. The smallest absolute Gasteiger partial charge is 0.252 e. The molecule has 0 radical (unpaired) electrons. The van der Waals surface area contributed by atoms with Crippen LogP contribution in [0.15, 0.2) is 10.9 Å². The molecule has 2 rings (SSSR count). The van der Waals surface area contributed by atoms with Gasteiger partial charge in [-0.25, -0.2) is 4.98 Å². The average Bonchev–Trinajstić information content (AvgIpc) is 2.77. The van der Waals surface area contributed by atoms with Gasteiger partial charge in [0.2, 0.25) is 0 Å². The second kappa shape index (κ2) is 4.87. The molecule has 94 valence electrons. The lowest BCUT2D eigenvalue weighted by molar-refractivity contribution is 0.136. The Morgan fingerprint density at radius 3 is 3.06 bits per heavy atom. The molecule has 2 heterocycles. The van der Waals surface area contributed by atoms with Gasteiger partial charge < -0.3 is 15.0 Å². The van der Waals surface area contributed by atoms with E-state index in [4.69, 9.17) is 0 Å². The summed E-state index contributed by atoms with van der Waals surface area (Å²) in [6, 6.07) is 1.53. The van der Waals surface area contributed by atoms with Crippen LogP contribution in [-0.2, 0) is 6.42 Å². The first kappa shape index (κ1) is 12.1. The van der Waals surface area contributed by atoms with E-state index in [-0.39, 0.29) is 17.6 Å². The van der Waals surface area contributed by atoms with E-state index in [1.165, 1.54) is 6.07 Å². The van der Waals surface area contributed by atoms with Gasteiger partial charge in [0, 0.05) is 31.5 Å². The summed E-state index contributed by atoms with van der Waals surface area (Å²) >= 11 is 0. The van der Waals surface area contributed by atoms with E-state index < -0.39 is 0 Å². The third kappa shape index (κ3) is 2.66. The monoisotopic (exact) mass is 237 g/mol. The molecule has 1 aromatic rings. The predicted molar refractivity (Wildman–Crippen MR) is 66.2 cm³/mol. The molecule has 0 saturated carbocycles. The summed E-state index contributed by atoms with van der Waals surface area (Å²) in [5.74, 6) is 1.72. The van der Waals surface area contributed by atoms with E-state index in [1.54, 1.807) is 0 Å². The number of aliphatic hydroxyl groups is 1. The predicted octanol–water partition coefficient (Wildman–Crippen LogP) is 0.539. The molecule has 1 aliphatic heterocycles. The summed E-state index contributed by atoms with van der Waals surface area (Å²) in [6.45, 7) is 5.41. The van der Waals surface area contributed by atoms with Crippen molar-refractivity contribution in [2.75, 3.05) is 18.0 Å². The molecule has 1 aromatic heterocycles. The highest BCUT2D eigenvalue weighted by Crippen LogP contribution is 2.23. The molecule has 0 bridgehead atoms. The Morgan fingerprint density at radius 1 is 1.71 bits per heavy atom. The highest BCUT2D eigenvalue weighted by molar-refractivity contribution is 5.38. The van der Waals surface area contributed by atoms with E-state index in [1.807, 2.05) is 13.8 Å². The van der Waals surface area contributed by atoms with Crippen LogP contribution in [-0.4, -0.2) is 34.3 Å². The van der Waals surface area contributed by atoms with Crippen molar-refractivity contribution in [3.8, 4) is 0 Å². The molecule has 2 N–H and O–H groups in total. The zero-order valence-electron chi connectivity index (χ0n) is 10.3. The van der Waals surface area contributed by atoms with Gasteiger partial charge in [-0.3, -0.25) is 4.79 Å². The zero-order valence-corrected chi connectivity index (χ0v) is 10.3. The molecule has 2 atom stereocenters. The fourth-order valence-electron chi connectivity index (χ4n) is 2.21. The lowest BCUT2D eigenvalue weighted by atomic mass is 10.0. The maximum atomic E-state index is 11.5. The van der Waals surface area contributed by atoms with Crippen LogP contribution in [0.5, 0.6) is 0 Å². The van der Waals surface area contributed by atoms with Crippen LogP contribution in [0.1, 0.15) is 26.1 Å². The van der Waals surface area contributed by atoms with Crippen LogP contribution in [0.2, 0.25) is 0 Å². The highest BCUT2D eigenvalue weighted by Gasteiger charge is 2.27. The zero-order chi connectivity index (χ0) is 12.4. The Labute approximate surface area is 100 Å². The number of hydrogen-bond donors (Lipinski definition) is 2. The molecule has 1 saturated heterocycles. The van der Waals surface area contributed by atoms with Gasteiger partial charge in [0.05, 0.1) is 6.10 Å². The van der Waals surface area contributed by atoms with Gasteiger partial charge in [0.25, 0.3) is 5.56 Å². The topological polar surface area (TPSA) is 69.2 Å². The number of hydrogen-bond acceptors (Lipinski definition) is 4. The Bertz CT molecular complexity index is 442.